The van der Waals surface area contributed by atoms with Crippen molar-refractivity contribution in [1.29, 1.82) is 0 Å². The number of methoxy groups -OCH3 is 2. The van der Waals surface area contributed by atoms with Crippen molar-refractivity contribution in [2.45, 2.75) is 38.2 Å². The number of rotatable bonds is 8. The fraction of sp³-hybridized carbons (Fsp3) is 0.333. The molecular weight excluding hydrogens is 470 g/mol. The van der Waals surface area contributed by atoms with Crippen LogP contribution in [0.5, 0.6) is 17.2 Å². The van der Waals surface area contributed by atoms with Gasteiger partial charge in [0.05, 0.1) is 19.8 Å². The zero-order chi connectivity index (χ0) is 26.0. The Bertz CT molecular complexity index is 1330. The SMILES string of the molecule is CCCC(=O)Oc1cc(N2CCCC2)ccc1C1(c2ccc(OC)cc2OC)OC(=O)c2ccccc21. The number of nitrogens with zero attached hydrogens (tertiary/aromatic N) is 1. The summed E-state index contributed by atoms with van der Waals surface area (Å²) >= 11 is 0. The number of carbonyl (C=O) groups is 2. The van der Waals surface area contributed by atoms with Crippen LogP contribution in [0.25, 0.3) is 0 Å². The Labute approximate surface area is 216 Å². The number of benzene rings is 3. The first-order valence-electron chi connectivity index (χ1n) is 12.7. The highest BCUT2D eigenvalue weighted by Crippen LogP contribution is 2.53. The van der Waals surface area contributed by atoms with Crippen LogP contribution in [-0.2, 0) is 15.1 Å². The summed E-state index contributed by atoms with van der Waals surface area (Å²) in [6, 6.07) is 18.5. The molecule has 5 rings (SSSR count). The van der Waals surface area contributed by atoms with Crippen LogP contribution in [0.3, 0.4) is 0 Å². The highest BCUT2D eigenvalue weighted by atomic mass is 16.6. The molecule has 1 saturated heterocycles. The van der Waals surface area contributed by atoms with Gasteiger partial charge in [0.1, 0.15) is 17.2 Å². The van der Waals surface area contributed by atoms with Crippen molar-refractivity contribution >= 4 is 17.6 Å². The van der Waals surface area contributed by atoms with Gasteiger partial charge in [0, 0.05) is 54.0 Å². The molecule has 2 aliphatic heterocycles. The zero-order valence-electron chi connectivity index (χ0n) is 21.4. The summed E-state index contributed by atoms with van der Waals surface area (Å²) in [5.74, 6) is 0.663. The molecule has 0 N–H and O–H groups in total. The van der Waals surface area contributed by atoms with Crippen LogP contribution < -0.4 is 19.1 Å². The van der Waals surface area contributed by atoms with Gasteiger partial charge in [-0.2, -0.15) is 0 Å². The molecule has 0 bridgehead atoms. The van der Waals surface area contributed by atoms with Gasteiger partial charge < -0.3 is 23.8 Å². The number of fused-ring (bicyclic) bond motifs is 1. The van der Waals surface area contributed by atoms with Gasteiger partial charge in [-0.25, -0.2) is 4.79 Å². The van der Waals surface area contributed by atoms with Crippen molar-refractivity contribution in [1.82, 2.24) is 0 Å². The highest BCUT2D eigenvalue weighted by Gasteiger charge is 2.52. The first kappa shape index (κ1) is 24.7. The van der Waals surface area contributed by atoms with E-state index in [1.165, 1.54) is 0 Å². The average molecular weight is 502 g/mol. The molecule has 1 atom stereocenters. The summed E-state index contributed by atoms with van der Waals surface area (Å²) in [6.45, 7) is 3.81. The number of cyclic esters (lactones) is 1. The van der Waals surface area contributed by atoms with E-state index < -0.39 is 11.6 Å². The topological polar surface area (TPSA) is 74.3 Å². The summed E-state index contributed by atoms with van der Waals surface area (Å²) in [4.78, 5) is 28.3. The van der Waals surface area contributed by atoms with Gasteiger partial charge in [-0.3, -0.25) is 4.79 Å². The fourth-order valence-electron chi connectivity index (χ4n) is 5.29. The van der Waals surface area contributed by atoms with Crippen LogP contribution in [-0.4, -0.2) is 39.2 Å². The lowest BCUT2D eigenvalue weighted by atomic mass is 9.78. The largest absolute Gasteiger partial charge is 0.497 e. The Morgan fingerprint density at radius 2 is 1.65 bits per heavy atom. The summed E-state index contributed by atoms with van der Waals surface area (Å²) < 4.78 is 23.5. The monoisotopic (exact) mass is 501 g/mol. The van der Waals surface area contributed by atoms with Gasteiger partial charge in [-0.05, 0) is 49.6 Å². The molecule has 37 heavy (non-hydrogen) atoms. The number of anilines is 1. The Hall–Kier alpha value is -4.00. The zero-order valence-corrected chi connectivity index (χ0v) is 21.4. The maximum atomic E-state index is 13.3. The van der Waals surface area contributed by atoms with Gasteiger partial charge in [0.2, 0.25) is 0 Å². The van der Waals surface area contributed by atoms with Gasteiger partial charge in [-0.15, -0.1) is 0 Å². The van der Waals surface area contributed by atoms with Crippen LogP contribution in [0.15, 0.2) is 60.7 Å². The molecule has 0 spiro atoms. The molecule has 0 aliphatic carbocycles. The van der Waals surface area contributed by atoms with Gasteiger partial charge in [0.15, 0.2) is 5.60 Å². The smallest absolute Gasteiger partial charge is 0.340 e. The Balaban J connectivity index is 1.78. The maximum absolute atomic E-state index is 13.3. The molecular formula is C30H31NO6. The van der Waals surface area contributed by atoms with Gasteiger partial charge in [0.25, 0.3) is 0 Å². The van der Waals surface area contributed by atoms with E-state index in [1.54, 1.807) is 38.5 Å². The highest BCUT2D eigenvalue weighted by molar-refractivity contribution is 5.97. The standard InChI is InChI=1S/C30H31NO6/c1-4-9-28(32)36-27-18-20(31-16-7-8-17-31)12-14-25(27)30(23-11-6-5-10-22(23)29(33)37-30)24-15-13-21(34-2)19-26(24)35-3/h5-6,10-15,18-19H,4,7-9,16-17H2,1-3H3. The molecule has 2 aliphatic rings. The summed E-state index contributed by atoms with van der Waals surface area (Å²) in [6.07, 6.45) is 3.17. The van der Waals surface area contributed by atoms with E-state index >= 15 is 0 Å². The summed E-state index contributed by atoms with van der Waals surface area (Å²) in [5, 5.41) is 0. The molecule has 2 heterocycles. The normalized spacial score (nSPS) is 18.4. The van der Waals surface area contributed by atoms with Crippen LogP contribution in [0.1, 0.15) is 59.7 Å². The summed E-state index contributed by atoms with van der Waals surface area (Å²) in [5.41, 5.74) is 1.85. The molecule has 3 aromatic carbocycles. The van der Waals surface area contributed by atoms with E-state index in [2.05, 4.69) is 4.90 Å². The lowest BCUT2D eigenvalue weighted by Gasteiger charge is -2.33. The molecule has 0 saturated carbocycles. The quantitative estimate of drug-likeness (QED) is 0.299. The number of esters is 2. The maximum Gasteiger partial charge on any atom is 0.340 e. The lowest BCUT2D eigenvalue weighted by molar-refractivity contribution is -0.134. The second-order valence-corrected chi connectivity index (χ2v) is 9.28. The third-order valence-corrected chi connectivity index (χ3v) is 7.05. The van der Waals surface area contributed by atoms with Crippen LogP contribution in [0.4, 0.5) is 5.69 Å². The Morgan fingerprint density at radius 1 is 0.919 bits per heavy atom. The molecule has 1 unspecified atom stereocenters. The van der Waals surface area contributed by atoms with Crippen molar-refractivity contribution in [2.75, 3.05) is 32.2 Å². The van der Waals surface area contributed by atoms with Crippen LogP contribution >= 0.6 is 0 Å². The summed E-state index contributed by atoms with van der Waals surface area (Å²) in [7, 11) is 3.14. The minimum atomic E-state index is -1.39. The first-order valence-corrected chi connectivity index (χ1v) is 12.7. The Morgan fingerprint density at radius 3 is 2.38 bits per heavy atom. The van der Waals surface area contributed by atoms with E-state index in [1.807, 2.05) is 43.3 Å². The van der Waals surface area contributed by atoms with Crippen molar-refractivity contribution < 1.29 is 28.5 Å². The third kappa shape index (κ3) is 4.28. The predicted molar refractivity (Wildman–Crippen MR) is 140 cm³/mol. The predicted octanol–water partition coefficient (Wildman–Crippen LogP) is 5.47. The fourth-order valence-corrected chi connectivity index (χ4v) is 5.29. The van der Waals surface area contributed by atoms with Crippen LogP contribution in [0, 0.1) is 0 Å². The number of carbonyl (C=O) groups excluding carboxylic acids is 2. The van der Waals surface area contributed by atoms with E-state index in [9.17, 15) is 9.59 Å². The third-order valence-electron chi connectivity index (χ3n) is 7.05. The van der Waals surface area contributed by atoms with E-state index in [-0.39, 0.29) is 12.4 Å². The molecule has 1 fully saturated rings. The number of hydrogen-bond acceptors (Lipinski definition) is 7. The molecule has 192 valence electrons. The number of ether oxygens (including phenoxy) is 4. The Kier molecular flexibility index (Phi) is 6.78. The molecule has 0 amide bonds. The van der Waals surface area contributed by atoms with Crippen molar-refractivity contribution in [3.05, 3.63) is 82.9 Å². The van der Waals surface area contributed by atoms with E-state index in [0.29, 0.717) is 45.9 Å². The second kappa shape index (κ2) is 10.2. The van der Waals surface area contributed by atoms with Gasteiger partial charge in [-0.1, -0.05) is 25.1 Å². The van der Waals surface area contributed by atoms with Crippen molar-refractivity contribution in [3.63, 3.8) is 0 Å². The lowest BCUT2D eigenvalue weighted by Crippen LogP contribution is -2.31. The van der Waals surface area contributed by atoms with Crippen molar-refractivity contribution in [2.24, 2.45) is 0 Å². The minimum absolute atomic E-state index is 0.280. The first-order chi connectivity index (χ1) is 18.0. The molecule has 7 heteroatoms. The molecule has 7 nitrogen and oxygen atoms in total. The molecule has 0 aromatic heterocycles. The molecule has 0 radical (unpaired) electrons. The van der Waals surface area contributed by atoms with Gasteiger partial charge >= 0.3 is 11.9 Å². The van der Waals surface area contributed by atoms with E-state index in [4.69, 9.17) is 18.9 Å². The average Bonchev–Trinajstić information content (AvgIpc) is 3.56. The number of hydrogen-bond donors (Lipinski definition) is 0. The molecule has 3 aromatic rings. The van der Waals surface area contributed by atoms with Crippen molar-refractivity contribution in [3.8, 4) is 17.2 Å². The van der Waals surface area contributed by atoms with E-state index in [0.717, 1.165) is 31.6 Å². The van der Waals surface area contributed by atoms with Crippen LogP contribution in [0.2, 0.25) is 0 Å². The second-order valence-electron chi connectivity index (χ2n) is 9.28. The minimum Gasteiger partial charge on any atom is -0.497 e.